The zero-order valence-corrected chi connectivity index (χ0v) is 7.49. The number of nitrogen functional groups attached to an aromatic ring is 1. The van der Waals surface area contributed by atoms with Crippen LogP contribution in [0.4, 0.5) is 18.9 Å². The summed E-state index contributed by atoms with van der Waals surface area (Å²) in [6, 6.07) is 2.16. The molecule has 0 aromatic heterocycles. The van der Waals surface area contributed by atoms with E-state index in [0.29, 0.717) is 0 Å². The highest BCUT2D eigenvalue weighted by Gasteiger charge is 2.36. The van der Waals surface area contributed by atoms with Gasteiger partial charge < -0.3 is 5.73 Å². The number of halogens is 4. The van der Waals surface area contributed by atoms with Crippen LogP contribution >= 0.6 is 11.6 Å². The van der Waals surface area contributed by atoms with Gasteiger partial charge in [-0.15, -0.1) is 0 Å². The van der Waals surface area contributed by atoms with Crippen molar-refractivity contribution in [3.05, 3.63) is 28.3 Å². The fourth-order valence-corrected chi connectivity index (χ4v) is 1.24. The van der Waals surface area contributed by atoms with Gasteiger partial charge in [-0.3, -0.25) is 4.79 Å². The second kappa shape index (κ2) is 3.49. The molecule has 76 valence electrons. The lowest BCUT2D eigenvalue weighted by atomic mass is 10.1. The first-order valence-electron chi connectivity index (χ1n) is 3.48. The molecule has 6 heteroatoms. The molecule has 2 nitrogen and oxygen atoms in total. The zero-order valence-electron chi connectivity index (χ0n) is 6.73. The van der Waals surface area contributed by atoms with Crippen molar-refractivity contribution < 1.29 is 18.0 Å². The Balaban J connectivity index is 3.53. The first-order valence-corrected chi connectivity index (χ1v) is 3.86. The van der Waals surface area contributed by atoms with Gasteiger partial charge in [-0.1, -0.05) is 11.6 Å². The molecule has 0 bridgehead atoms. The van der Waals surface area contributed by atoms with E-state index in [-0.39, 0.29) is 11.3 Å². The van der Waals surface area contributed by atoms with Gasteiger partial charge in [0.1, 0.15) is 0 Å². The highest BCUT2D eigenvalue weighted by molar-refractivity contribution is 6.33. The maximum atomic E-state index is 12.4. The Hall–Kier alpha value is -1.23. The van der Waals surface area contributed by atoms with Crippen LogP contribution in [-0.4, -0.2) is 6.29 Å². The molecule has 0 atom stereocenters. The maximum Gasteiger partial charge on any atom is 0.419 e. The van der Waals surface area contributed by atoms with Crippen LogP contribution in [0.15, 0.2) is 12.1 Å². The van der Waals surface area contributed by atoms with E-state index in [1.165, 1.54) is 0 Å². The summed E-state index contributed by atoms with van der Waals surface area (Å²) in [5.41, 5.74) is 2.80. The van der Waals surface area contributed by atoms with E-state index in [9.17, 15) is 18.0 Å². The molecular weight excluding hydrogens is 219 g/mol. The average molecular weight is 224 g/mol. The lowest BCUT2D eigenvalue weighted by Gasteiger charge is -2.12. The number of alkyl halides is 3. The van der Waals surface area contributed by atoms with Gasteiger partial charge in [-0.2, -0.15) is 13.2 Å². The van der Waals surface area contributed by atoms with E-state index >= 15 is 0 Å². The van der Waals surface area contributed by atoms with E-state index in [1.54, 1.807) is 0 Å². The van der Waals surface area contributed by atoms with Crippen molar-refractivity contribution >= 4 is 23.6 Å². The Morgan fingerprint density at radius 2 is 1.93 bits per heavy atom. The van der Waals surface area contributed by atoms with Crippen LogP contribution in [0, 0.1) is 0 Å². The van der Waals surface area contributed by atoms with E-state index in [2.05, 4.69) is 0 Å². The number of rotatable bonds is 1. The Bertz CT molecular complexity index is 376. The number of benzene rings is 1. The van der Waals surface area contributed by atoms with Gasteiger partial charge in [0.05, 0.1) is 10.6 Å². The van der Waals surface area contributed by atoms with Crippen molar-refractivity contribution in [2.45, 2.75) is 6.18 Å². The molecule has 0 saturated heterocycles. The van der Waals surface area contributed by atoms with Crippen molar-refractivity contribution in [3.63, 3.8) is 0 Å². The van der Waals surface area contributed by atoms with Gasteiger partial charge in [-0.25, -0.2) is 0 Å². The number of aldehydes is 1. The van der Waals surface area contributed by atoms with Crippen LogP contribution in [-0.2, 0) is 6.18 Å². The number of hydrogen-bond acceptors (Lipinski definition) is 2. The van der Waals surface area contributed by atoms with Crippen LogP contribution in [0.2, 0.25) is 5.02 Å². The lowest BCUT2D eigenvalue weighted by molar-refractivity contribution is -0.137. The first kappa shape index (κ1) is 10.8. The third-order valence-corrected chi connectivity index (χ3v) is 1.96. The van der Waals surface area contributed by atoms with Crippen molar-refractivity contribution in [1.29, 1.82) is 0 Å². The fourth-order valence-electron chi connectivity index (χ4n) is 1.04. The van der Waals surface area contributed by atoms with Gasteiger partial charge in [0.2, 0.25) is 0 Å². The predicted molar refractivity (Wildman–Crippen MR) is 46.3 cm³/mol. The molecule has 0 spiro atoms. The Morgan fingerprint density at radius 1 is 1.36 bits per heavy atom. The molecule has 1 rings (SSSR count). The standard InChI is InChI=1S/C8H5ClF3NO/c9-5-1-2-6(13)7(4(5)3-14)8(10,11)12/h1-3H,13H2. The van der Waals surface area contributed by atoms with E-state index < -0.39 is 23.0 Å². The molecule has 2 N–H and O–H groups in total. The SMILES string of the molecule is Nc1ccc(Cl)c(C=O)c1C(F)(F)F. The first-order chi connectivity index (χ1) is 6.38. The van der Waals surface area contributed by atoms with E-state index in [4.69, 9.17) is 17.3 Å². The van der Waals surface area contributed by atoms with E-state index in [0.717, 1.165) is 12.1 Å². The summed E-state index contributed by atoms with van der Waals surface area (Å²) < 4.78 is 37.1. The third kappa shape index (κ3) is 1.82. The molecule has 1 aromatic rings. The largest absolute Gasteiger partial charge is 0.419 e. The smallest absolute Gasteiger partial charge is 0.398 e. The van der Waals surface area contributed by atoms with Crippen molar-refractivity contribution in [2.75, 3.05) is 5.73 Å². The van der Waals surface area contributed by atoms with Crippen LogP contribution in [0.5, 0.6) is 0 Å². The van der Waals surface area contributed by atoms with Gasteiger partial charge in [0.25, 0.3) is 0 Å². The minimum absolute atomic E-state index is 0.0432. The summed E-state index contributed by atoms with van der Waals surface area (Å²) >= 11 is 5.42. The Kier molecular flexibility index (Phi) is 2.71. The summed E-state index contributed by atoms with van der Waals surface area (Å²) in [5, 5.41) is -0.262. The van der Waals surface area contributed by atoms with Crippen LogP contribution in [0.25, 0.3) is 0 Å². The van der Waals surface area contributed by atoms with E-state index in [1.807, 2.05) is 0 Å². The number of nitrogens with two attached hydrogens (primary N) is 1. The zero-order chi connectivity index (χ0) is 10.9. The number of anilines is 1. The number of carbonyl (C=O) groups excluding carboxylic acids is 1. The number of carbonyl (C=O) groups is 1. The summed E-state index contributed by atoms with van der Waals surface area (Å²) in [6.45, 7) is 0. The topological polar surface area (TPSA) is 43.1 Å². The molecule has 0 heterocycles. The molecule has 0 saturated carbocycles. The normalized spacial score (nSPS) is 11.4. The molecule has 0 radical (unpaired) electrons. The minimum Gasteiger partial charge on any atom is -0.398 e. The van der Waals surface area contributed by atoms with Crippen molar-refractivity contribution in [2.24, 2.45) is 0 Å². The van der Waals surface area contributed by atoms with Gasteiger partial charge in [0.15, 0.2) is 6.29 Å². The second-order valence-corrected chi connectivity index (χ2v) is 2.95. The molecule has 14 heavy (non-hydrogen) atoms. The van der Waals surface area contributed by atoms with Crippen LogP contribution in [0.1, 0.15) is 15.9 Å². The molecule has 0 aliphatic rings. The summed E-state index contributed by atoms with van der Waals surface area (Å²) in [7, 11) is 0. The molecule has 0 amide bonds. The predicted octanol–water partition coefficient (Wildman–Crippen LogP) is 2.75. The van der Waals surface area contributed by atoms with Crippen LogP contribution < -0.4 is 5.73 Å². The molecular formula is C8H5ClF3NO. The van der Waals surface area contributed by atoms with Crippen molar-refractivity contribution in [1.82, 2.24) is 0 Å². The lowest BCUT2D eigenvalue weighted by Crippen LogP contribution is -2.12. The van der Waals surface area contributed by atoms with Gasteiger partial charge in [0, 0.05) is 11.3 Å². The second-order valence-electron chi connectivity index (χ2n) is 2.54. The molecule has 1 aromatic carbocycles. The number of hydrogen-bond donors (Lipinski definition) is 1. The average Bonchev–Trinajstić information content (AvgIpc) is 2.06. The van der Waals surface area contributed by atoms with Crippen LogP contribution in [0.3, 0.4) is 0 Å². The monoisotopic (exact) mass is 223 g/mol. The quantitative estimate of drug-likeness (QED) is 0.588. The minimum atomic E-state index is -4.68. The molecule has 0 fully saturated rings. The Labute approximate surface area is 82.5 Å². The summed E-state index contributed by atoms with van der Waals surface area (Å²) in [4.78, 5) is 10.4. The van der Waals surface area contributed by atoms with Gasteiger partial charge >= 0.3 is 6.18 Å². The fraction of sp³-hybridized carbons (Fsp3) is 0.125. The van der Waals surface area contributed by atoms with Gasteiger partial charge in [-0.05, 0) is 12.1 Å². The summed E-state index contributed by atoms with van der Waals surface area (Å²) in [6.07, 6.45) is -4.63. The Morgan fingerprint density at radius 3 is 2.29 bits per heavy atom. The highest BCUT2D eigenvalue weighted by Crippen LogP contribution is 2.38. The third-order valence-electron chi connectivity index (χ3n) is 1.63. The van der Waals surface area contributed by atoms with Crippen molar-refractivity contribution in [3.8, 4) is 0 Å². The highest BCUT2D eigenvalue weighted by atomic mass is 35.5. The molecule has 0 unspecified atom stereocenters. The molecule has 0 aliphatic carbocycles. The molecule has 0 aliphatic heterocycles. The summed E-state index contributed by atoms with van der Waals surface area (Å²) in [5.74, 6) is 0. The maximum absolute atomic E-state index is 12.4.